The number of fused-ring (bicyclic) bond motifs is 1. The van der Waals surface area contributed by atoms with Crippen molar-refractivity contribution in [3.63, 3.8) is 0 Å². The molecule has 3 aliphatic carbocycles. The van der Waals surface area contributed by atoms with Gasteiger partial charge in [0.2, 0.25) is 0 Å². The van der Waals surface area contributed by atoms with Gasteiger partial charge in [0.1, 0.15) is 0 Å². The second-order valence-corrected chi connectivity index (χ2v) is 3.62. The Kier molecular flexibility index (Phi) is 1.96. The fraction of sp³-hybridized carbons (Fsp3) is 1.00. The summed E-state index contributed by atoms with van der Waals surface area (Å²) in [5.74, 6) is 1.27. The van der Waals surface area contributed by atoms with Crippen molar-refractivity contribution in [2.45, 2.75) is 24.8 Å². The average molecular weight is 164 g/mol. The van der Waals surface area contributed by atoms with Crippen LogP contribution in [-0.4, -0.2) is 17.3 Å². The van der Waals surface area contributed by atoms with Crippen molar-refractivity contribution in [3.05, 3.63) is 0 Å². The molecule has 1 unspecified atom stereocenters. The van der Waals surface area contributed by atoms with Crippen molar-refractivity contribution < 1.29 is 5.11 Å². The zero-order chi connectivity index (χ0) is 6.48. The van der Waals surface area contributed by atoms with Gasteiger partial charge in [-0.1, -0.05) is 0 Å². The van der Waals surface area contributed by atoms with Gasteiger partial charge in [0.15, 0.2) is 0 Å². The highest BCUT2D eigenvalue weighted by atomic mass is 35.5. The third-order valence-corrected chi connectivity index (χ3v) is 2.99. The third-order valence-electron chi connectivity index (χ3n) is 2.99. The number of rotatable bonds is 1. The summed E-state index contributed by atoms with van der Waals surface area (Å²) in [6, 6.07) is 0. The zero-order valence-corrected chi connectivity index (χ0v) is 6.73. The lowest BCUT2D eigenvalue weighted by atomic mass is 9.75. The van der Waals surface area contributed by atoms with Crippen molar-refractivity contribution in [1.29, 1.82) is 0 Å². The molecular formula is C7H14ClNO. The van der Waals surface area contributed by atoms with E-state index in [0.29, 0.717) is 12.5 Å². The lowest BCUT2D eigenvalue weighted by Crippen LogP contribution is -2.49. The molecule has 2 bridgehead atoms. The standard InChI is InChI=1S/C7H13NO.ClH/c8-7-2-5(3-7)1-6(7)4-9;/h5-6,9H,1-4,8H2;1H. The average Bonchev–Trinajstić information content (AvgIpc) is 2.18. The minimum atomic E-state index is 0. The van der Waals surface area contributed by atoms with Crippen LogP contribution in [0.4, 0.5) is 0 Å². The van der Waals surface area contributed by atoms with Gasteiger partial charge in [-0.2, -0.15) is 0 Å². The van der Waals surface area contributed by atoms with Gasteiger partial charge in [-0.05, 0) is 25.2 Å². The highest BCUT2D eigenvalue weighted by molar-refractivity contribution is 5.85. The van der Waals surface area contributed by atoms with Crippen LogP contribution in [0.3, 0.4) is 0 Å². The predicted octanol–water partition coefficient (Wildman–Crippen LogP) is 0.528. The Balaban J connectivity index is 0.000000500. The van der Waals surface area contributed by atoms with E-state index in [1.165, 1.54) is 6.42 Å². The predicted molar refractivity (Wildman–Crippen MR) is 42.1 cm³/mol. The van der Waals surface area contributed by atoms with E-state index in [9.17, 15) is 0 Å². The zero-order valence-electron chi connectivity index (χ0n) is 5.92. The van der Waals surface area contributed by atoms with Crippen LogP contribution in [0.1, 0.15) is 19.3 Å². The minimum absolute atomic E-state index is 0. The molecule has 0 aliphatic heterocycles. The molecule has 1 atom stereocenters. The number of hydrogen-bond donors (Lipinski definition) is 2. The van der Waals surface area contributed by atoms with E-state index in [4.69, 9.17) is 10.8 Å². The molecule has 3 rings (SSSR count). The molecule has 0 aromatic carbocycles. The summed E-state index contributed by atoms with van der Waals surface area (Å²) in [6.07, 6.45) is 3.50. The molecule has 0 aromatic heterocycles. The van der Waals surface area contributed by atoms with Crippen LogP contribution in [0.25, 0.3) is 0 Å². The van der Waals surface area contributed by atoms with Crippen LogP contribution in [0.2, 0.25) is 0 Å². The number of halogens is 1. The third kappa shape index (κ3) is 0.865. The van der Waals surface area contributed by atoms with Crippen LogP contribution < -0.4 is 5.73 Å². The van der Waals surface area contributed by atoms with Gasteiger partial charge in [-0.3, -0.25) is 0 Å². The molecule has 0 saturated heterocycles. The topological polar surface area (TPSA) is 46.2 Å². The van der Waals surface area contributed by atoms with Crippen molar-refractivity contribution in [3.8, 4) is 0 Å². The summed E-state index contributed by atoms with van der Waals surface area (Å²) in [4.78, 5) is 0. The van der Waals surface area contributed by atoms with Gasteiger partial charge in [-0.25, -0.2) is 0 Å². The van der Waals surface area contributed by atoms with Crippen molar-refractivity contribution in [2.75, 3.05) is 6.61 Å². The first-order valence-corrected chi connectivity index (χ1v) is 3.64. The number of nitrogens with two attached hydrogens (primary N) is 1. The van der Waals surface area contributed by atoms with E-state index < -0.39 is 0 Å². The van der Waals surface area contributed by atoms with E-state index >= 15 is 0 Å². The first-order chi connectivity index (χ1) is 4.24. The summed E-state index contributed by atoms with van der Waals surface area (Å²) >= 11 is 0. The molecule has 3 heteroatoms. The van der Waals surface area contributed by atoms with Crippen LogP contribution in [0.15, 0.2) is 0 Å². The first kappa shape index (κ1) is 8.31. The Bertz CT molecular complexity index is 134. The molecule has 0 amide bonds. The molecule has 0 heterocycles. The van der Waals surface area contributed by atoms with Gasteiger partial charge in [-0.15, -0.1) is 12.4 Å². The van der Waals surface area contributed by atoms with E-state index in [0.717, 1.165) is 18.8 Å². The van der Waals surface area contributed by atoms with Crippen LogP contribution in [0.5, 0.6) is 0 Å². The molecule has 0 radical (unpaired) electrons. The molecule has 60 valence electrons. The maximum Gasteiger partial charge on any atom is 0.0476 e. The lowest BCUT2D eigenvalue weighted by Gasteiger charge is -2.37. The SMILES string of the molecule is Cl.NC12CC(CC1CO)C2. The van der Waals surface area contributed by atoms with Crippen molar-refractivity contribution >= 4 is 12.4 Å². The van der Waals surface area contributed by atoms with Crippen LogP contribution >= 0.6 is 12.4 Å². The number of hydrogen-bond acceptors (Lipinski definition) is 2. The molecule has 2 nitrogen and oxygen atoms in total. The Morgan fingerprint density at radius 3 is 2.30 bits per heavy atom. The van der Waals surface area contributed by atoms with Gasteiger partial charge in [0, 0.05) is 18.1 Å². The first-order valence-electron chi connectivity index (χ1n) is 3.64. The number of aliphatic hydroxyl groups excluding tert-OH is 1. The van der Waals surface area contributed by atoms with Crippen molar-refractivity contribution in [2.24, 2.45) is 17.6 Å². The minimum Gasteiger partial charge on any atom is -0.396 e. The Hall–Kier alpha value is 0.210. The second-order valence-electron chi connectivity index (χ2n) is 3.62. The molecule has 10 heavy (non-hydrogen) atoms. The molecule has 3 saturated carbocycles. The highest BCUT2D eigenvalue weighted by Crippen LogP contribution is 2.53. The maximum absolute atomic E-state index is 8.85. The molecule has 0 spiro atoms. The van der Waals surface area contributed by atoms with Gasteiger partial charge >= 0.3 is 0 Å². The van der Waals surface area contributed by atoms with Gasteiger partial charge in [0.05, 0.1) is 0 Å². The molecule has 3 fully saturated rings. The Labute approximate surface area is 67.2 Å². The summed E-state index contributed by atoms with van der Waals surface area (Å²) in [5, 5.41) is 8.85. The summed E-state index contributed by atoms with van der Waals surface area (Å²) < 4.78 is 0. The lowest BCUT2D eigenvalue weighted by molar-refractivity contribution is 0.155. The summed E-state index contributed by atoms with van der Waals surface area (Å²) in [6.45, 7) is 0.299. The Morgan fingerprint density at radius 2 is 2.10 bits per heavy atom. The molecular weight excluding hydrogens is 150 g/mol. The quantitative estimate of drug-likeness (QED) is 0.593. The van der Waals surface area contributed by atoms with Crippen molar-refractivity contribution in [1.82, 2.24) is 0 Å². The van der Waals surface area contributed by atoms with E-state index in [2.05, 4.69) is 0 Å². The summed E-state index contributed by atoms with van der Waals surface area (Å²) in [5.41, 5.74) is 5.99. The molecule has 3 N–H and O–H groups in total. The van der Waals surface area contributed by atoms with E-state index in [1.807, 2.05) is 0 Å². The smallest absolute Gasteiger partial charge is 0.0476 e. The maximum atomic E-state index is 8.85. The molecule has 3 aliphatic rings. The fourth-order valence-electron chi connectivity index (χ4n) is 2.41. The largest absolute Gasteiger partial charge is 0.396 e. The molecule has 0 aromatic rings. The summed E-state index contributed by atoms with van der Waals surface area (Å²) in [7, 11) is 0. The Morgan fingerprint density at radius 1 is 1.50 bits per heavy atom. The number of aliphatic hydroxyl groups is 1. The normalized spacial score (nSPS) is 49.8. The highest BCUT2D eigenvalue weighted by Gasteiger charge is 2.54. The van der Waals surface area contributed by atoms with E-state index in [1.54, 1.807) is 0 Å². The fourth-order valence-corrected chi connectivity index (χ4v) is 2.41. The monoisotopic (exact) mass is 163 g/mol. The van der Waals surface area contributed by atoms with Gasteiger partial charge in [0.25, 0.3) is 0 Å². The van der Waals surface area contributed by atoms with Crippen LogP contribution in [0, 0.1) is 11.8 Å². The van der Waals surface area contributed by atoms with Gasteiger partial charge < -0.3 is 10.8 Å². The van der Waals surface area contributed by atoms with Crippen LogP contribution in [-0.2, 0) is 0 Å². The second kappa shape index (κ2) is 2.36. The van der Waals surface area contributed by atoms with E-state index in [-0.39, 0.29) is 17.9 Å².